The van der Waals surface area contributed by atoms with Crippen molar-refractivity contribution in [2.24, 2.45) is 11.3 Å². The van der Waals surface area contributed by atoms with E-state index in [0.29, 0.717) is 24.5 Å². The number of carbonyl (C=O) groups excluding carboxylic acids is 2. The van der Waals surface area contributed by atoms with E-state index in [4.69, 9.17) is 14.6 Å². The maximum absolute atomic E-state index is 13.7. The molecular formula is C25H38N4O5. The Bertz CT molecular complexity index is 863. The minimum Gasteiger partial charge on any atom is -0.483 e. The van der Waals surface area contributed by atoms with Crippen molar-refractivity contribution in [2.75, 3.05) is 39.4 Å². The van der Waals surface area contributed by atoms with Crippen LogP contribution in [-0.4, -0.2) is 89.7 Å². The first-order valence-electron chi connectivity index (χ1n) is 12.6. The smallest absolute Gasteiger partial charge is 0.290 e. The lowest BCUT2D eigenvalue weighted by atomic mass is 9.60. The molecule has 188 valence electrons. The highest BCUT2D eigenvalue weighted by Gasteiger charge is 2.53. The first-order chi connectivity index (χ1) is 16.5. The van der Waals surface area contributed by atoms with Crippen LogP contribution in [0.15, 0.2) is 12.3 Å². The molecule has 3 N–H and O–H groups in total. The summed E-state index contributed by atoms with van der Waals surface area (Å²) in [5.41, 5.74) is 1.18. The lowest BCUT2D eigenvalue weighted by Crippen LogP contribution is -2.62. The second-order valence-electron chi connectivity index (χ2n) is 10.2. The normalized spacial score (nSPS) is 29.7. The minimum atomic E-state index is -0.448. The quantitative estimate of drug-likeness (QED) is 0.575. The number of carboxylic acid groups (broad SMARTS) is 1. The number of hydrogen-bond donors (Lipinski definition) is 3. The molecule has 1 aromatic heterocycles. The van der Waals surface area contributed by atoms with Gasteiger partial charge in [0.15, 0.2) is 0 Å². The Morgan fingerprint density at radius 3 is 2.56 bits per heavy atom. The van der Waals surface area contributed by atoms with E-state index in [1.807, 2.05) is 24.1 Å². The van der Waals surface area contributed by atoms with E-state index in [2.05, 4.69) is 15.2 Å². The Kier molecular flexibility index (Phi) is 7.93. The molecule has 4 fully saturated rings. The molecule has 2 saturated heterocycles. The van der Waals surface area contributed by atoms with E-state index in [1.165, 1.54) is 6.42 Å². The summed E-state index contributed by atoms with van der Waals surface area (Å²) in [6, 6.07) is 2.73. The number of morpholine rings is 1. The number of fused-ring (bicyclic) bond motifs is 1. The van der Waals surface area contributed by atoms with Gasteiger partial charge >= 0.3 is 0 Å². The van der Waals surface area contributed by atoms with Gasteiger partial charge in [-0.25, -0.2) is 0 Å². The molecule has 34 heavy (non-hydrogen) atoms. The van der Waals surface area contributed by atoms with Crippen molar-refractivity contribution in [2.45, 2.75) is 64.0 Å². The number of amides is 2. The van der Waals surface area contributed by atoms with Crippen LogP contribution in [0.4, 0.5) is 0 Å². The fourth-order valence-electron chi connectivity index (χ4n) is 6.19. The highest BCUT2D eigenvalue weighted by Crippen LogP contribution is 2.48. The summed E-state index contributed by atoms with van der Waals surface area (Å²) in [6.07, 6.45) is 9.08. The third-order valence-corrected chi connectivity index (χ3v) is 8.41. The van der Waals surface area contributed by atoms with Crippen LogP contribution in [0.25, 0.3) is 0 Å². The zero-order chi connectivity index (χ0) is 24.1. The Labute approximate surface area is 201 Å². The molecule has 0 aromatic carbocycles. The van der Waals surface area contributed by atoms with E-state index >= 15 is 0 Å². The van der Waals surface area contributed by atoms with E-state index in [1.54, 1.807) is 0 Å². The van der Waals surface area contributed by atoms with Crippen molar-refractivity contribution in [3.05, 3.63) is 23.5 Å². The highest BCUT2D eigenvalue weighted by atomic mass is 16.5. The number of likely N-dealkylation sites (tertiary alicyclic amines) is 1. The molecule has 4 aliphatic rings. The maximum Gasteiger partial charge on any atom is 0.290 e. The summed E-state index contributed by atoms with van der Waals surface area (Å²) in [5, 5.41) is 10.2. The molecule has 0 spiro atoms. The second kappa shape index (κ2) is 10.9. The molecule has 1 aromatic rings. The van der Waals surface area contributed by atoms with Crippen molar-refractivity contribution < 1.29 is 24.2 Å². The first-order valence-corrected chi connectivity index (χ1v) is 12.6. The van der Waals surface area contributed by atoms with Gasteiger partial charge < -0.3 is 25.0 Å². The van der Waals surface area contributed by atoms with Gasteiger partial charge in [-0.15, -0.1) is 0 Å². The molecule has 9 nitrogen and oxygen atoms in total. The zero-order valence-corrected chi connectivity index (χ0v) is 20.1. The molecule has 0 radical (unpaired) electrons. The molecule has 9 heteroatoms. The summed E-state index contributed by atoms with van der Waals surface area (Å²) in [4.78, 5) is 42.9. The SMILES string of the molecule is Cc1[nH]ccc1C(=O)N1CC[C@@H]2C[C@@H](N3CCOCC3)CC[C@@]2(C(=O)NC2CCC2)C1.O=CO. The van der Waals surface area contributed by atoms with Gasteiger partial charge in [0.25, 0.3) is 12.4 Å². The molecule has 2 aliphatic heterocycles. The number of aromatic nitrogens is 1. The van der Waals surface area contributed by atoms with Gasteiger partial charge in [-0.3, -0.25) is 19.3 Å². The van der Waals surface area contributed by atoms with Crippen LogP contribution in [0.2, 0.25) is 0 Å². The fraction of sp³-hybridized carbons (Fsp3) is 0.720. The van der Waals surface area contributed by atoms with E-state index < -0.39 is 5.41 Å². The summed E-state index contributed by atoms with van der Waals surface area (Å²) in [7, 11) is 0. The Morgan fingerprint density at radius 2 is 1.94 bits per heavy atom. The average Bonchev–Trinajstić information content (AvgIpc) is 3.26. The average molecular weight is 475 g/mol. The van der Waals surface area contributed by atoms with Crippen molar-refractivity contribution in [1.29, 1.82) is 0 Å². The van der Waals surface area contributed by atoms with Crippen LogP contribution in [0, 0.1) is 18.3 Å². The van der Waals surface area contributed by atoms with E-state index in [0.717, 1.165) is 82.6 Å². The third-order valence-electron chi connectivity index (χ3n) is 8.41. The largest absolute Gasteiger partial charge is 0.483 e. The number of rotatable bonds is 4. The molecule has 5 rings (SSSR count). The topological polar surface area (TPSA) is 115 Å². The molecule has 0 bridgehead atoms. The lowest BCUT2D eigenvalue weighted by Gasteiger charge is -2.53. The maximum atomic E-state index is 13.7. The van der Waals surface area contributed by atoms with Crippen LogP contribution >= 0.6 is 0 Å². The Balaban J connectivity index is 0.000000868. The first kappa shape index (κ1) is 24.7. The van der Waals surface area contributed by atoms with Gasteiger partial charge in [0.2, 0.25) is 5.91 Å². The fourth-order valence-corrected chi connectivity index (χ4v) is 6.19. The van der Waals surface area contributed by atoms with Crippen molar-refractivity contribution >= 4 is 18.3 Å². The number of nitrogens with one attached hydrogen (secondary N) is 2. The van der Waals surface area contributed by atoms with Crippen molar-refractivity contribution in [1.82, 2.24) is 20.1 Å². The minimum absolute atomic E-state index is 0.0586. The van der Waals surface area contributed by atoms with Gasteiger partial charge in [-0.2, -0.15) is 0 Å². The van der Waals surface area contributed by atoms with Crippen LogP contribution in [0.1, 0.15) is 61.0 Å². The van der Waals surface area contributed by atoms with Gasteiger partial charge in [-0.1, -0.05) is 0 Å². The molecular weight excluding hydrogens is 436 g/mol. The third kappa shape index (κ3) is 5.00. The number of ether oxygens (including phenoxy) is 1. The van der Waals surface area contributed by atoms with Crippen LogP contribution in [0.3, 0.4) is 0 Å². The number of nitrogens with zero attached hydrogens (tertiary/aromatic N) is 2. The standard InChI is InChI=1S/C24H36N4O3.CH2O2/c1-17-21(6-9-25-17)22(29)28-10-7-18-15-20(27-11-13-31-14-12-27)5-8-24(18,16-28)23(30)26-19-3-2-4-19;2-1-3/h6,9,18-20,25H,2-5,7-8,10-16H2,1H3,(H,26,30);1H,(H,2,3)/t18-,20+,24-;/m1./s1. The Morgan fingerprint density at radius 1 is 1.21 bits per heavy atom. The Hall–Kier alpha value is -2.39. The summed E-state index contributed by atoms with van der Waals surface area (Å²) in [6.45, 7) is 6.59. The summed E-state index contributed by atoms with van der Waals surface area (Å²) in [5.74, 6) is 0.597. The predicted octanol–water partition coefficient (Wildman–Crippen LogP) is 2.03. The molecule has 2 saturated carbocycles. The molecule has 0 unspecified atom stereocenters. The monoisotopic (exact) mass is 474 g/mol. The summed E-state index contributed by atoms with van der Waals surface area (Å²) < 4.78 is 5.55. The van der Waals surface area contributed by atoms with Gasteiger partial charge in [0.05, 0.1) is 24.2 Å². The highest BCUT2D eigenvalue weighted by molar-refractivity contribution is 5.96. The van der Waals surface area contributed by atoms with Crippen LogP contribution in [0.5, 0.6) is 0 Å². The lowest BCUT2D eigenvalue weighted by molar-refractivity contribution is -0.145. The molecule has 3 atom stereocenters. The van der Waals surface area contributed by atoms with E-state index in [-0.39, 0.29) is 18.3 Å². The number of aromatic amines is 1. The van der Waals surface area contributed by atoms with Crippen LogP contribution < -0.4 is 5.32 Å². The molecule has 2 aliphatic carbocycles. The summed E-state index contributed by atoms with van der Waals surface area (Å²) >= 11 is 0. The van der Waals surface area contributed by atoms with E-state index in [9.17, 15) is 9.59 Å². The number of H-pyrrole nitrogens is 1. The molecule has 2 amide bonds. The number of hydrogen-bond acceptors (Lipinski definition) is 5. The van der Waals surface area contributed by atoms with Gasteiger partial charge in [0.1, 0.15) is 0 Å². The van der Waals surface area contributed by atoms with Crippen LogP contribution in [-0.2, 0) is 14.3 Å². The second-order valence-corrected chi connectivity index (χ2v) is 10.2. The predicted molar refractivity (Wildman–Crippen MR) is 126 cm³/mol. The number of carbonyl (C=O) groups is 3. The van der Waals surface area contributed by atoms with Crippen molar-refractivity contribution in [3.63, 3.8) is 0 Å². The van der Waals surface area contributed by atoms with Crippen molar-refractivity contribution in [3.8, 4) is 0 Å². The van der Waals surface area contributed by atoms with Gasteiger partial charge in [0, 0.05) is 50.2 Å². The van der Waals surface area contributed by atoms with Gasteiger partial charge in [-0.05, 0) is 63.9 Å². The molecule has 3 heterocycles. The number of aryl methyl sites for hydroxylation is 1. The number of piperidine rings is 1. The zero-order valence-electron chi connectivity index (χ0n) is 20.1.